The minimum Gasteiger partial charge on any atom is -0.466 e. The van der Waals surface area contributed by atoms with Crippen molar-refractivity contribution in [3.05, 3.63) is 249 Å². The van der Waals surface area contributed by atoms with Crippen LogP contribution < -0.4 is 0 Å². The Morgan fingerprint density at radius 1 is 0.282 bits per heavy atom. The van der Waals surface area contributed by atoms with Crippen LogP contribution in [0.5, 0.6) is 0 Å². The van der Waals surface area contributed by atoms with E-state index < -0.39 is 53.4 Å². The van der Waals surface area contributed by atoms with Gasteiger partial charge in [-0.25, -0.2) is 22.0 Å². The molecule has 0 heterocycles. The smallest absolute Gasteiger partial charge is 0.425 e. The summed E-state index contributed by atoms with van der Waals surface area (Å²) in [5.74, 6) is -7.45. The first-order valence-electron chi connectivity index (χ1n) is 40.1. The highest BCUT2D eigenvalue weighted by Crippen LogP contribution is 2.34. The fourth-order valence-electron chi connectivity index (χ4n) is 11.6. The van der Waals surface area contributed by atoms with Crippen LogP contribution in [0.3, 0.4) is 0 Å². The average molecular weight is 1640 g/mol. The Hall–Kier alpha value is -9.73. The lowest BCUT2D eigenvalue weighted by atomic mass is 9.86. The summed E-state index contributed by atoms with van der Waals surface area (Å²) in [5, 5.41) is 0. The third-order valence-electron chi connectivity index (χ3n) is 20.7. The number of hydrogen-bond donors (Lipinski definition) is 0. The fourth-order valence-corrected chi connectivity index (χ4v) is 11.6. The Kier molecular flexibility index (Phi) is 48.9. The van der Waals surface area contributed by atoms with Crippen LogP contribution in [0.15, 0.2) is 164 Å². The van der Waals surface area contributed by atoms with Crippen LogP contribution in [0.4, 0.5) is 35.1 Å². The Morgan fingerprint density at radius 2 is 0.573 bits per heavy atom. The van der Waals surface area contributed by atoms with Crippen molar-refractivity contribution >= 4 is 41.8 Å². The van der Waals surface area contributed by atoms with Gasteiger partial charge < -0.3 is 33.2 Å². The molecule has 0 aromatic heterocycles. The largest absolute Gasteiger partial charge is 0.466 e. The number of rotatable bonds is 28. The molecule has 0 bridgehead atoms. The summed E-state index contributed by atoms with van der Waals surface area (Å²) in [6.45, 7) is 46.1. The molecule has 0 fully saturated rings. The second-order valence-electron chi connectivity index (χ2n) is 29.2. The Bertz CT molecular complexity index is 4020. The van der Waals surface area contributed by atoms with E-state index in [-0.39, 0.29) is 113 Å². The zero-order valence-corrected chi connectivity index (χ0v) is 72.7. The maximum absolute atomic E-state index is 13.1. The number of alkyl halides is 3. The molecule has 0 spiro atoms. The number of aryl methyl sites for hydroxylation is 3. The van der Waals surface area contributed by atoms with E-state index in [2.05, 4.69) is 94.8 Å². The predicted molar refractivity (Wildman–Crippen MR) is 444 cm³/mol. The highest BCUT2D eigenvalue weighted by Gasteiger charge is 2.40. The Labute approximate surface area is 689 Å². The van der Waals surface area contributed by atoms with Gasteiger partial charge in [0.05, 0.1) is 81.1 Å². The van der Waals surface area contributed by atoms with Gasteiger partial charge in [0.1, 0.15) is 17.5 Å². The van der Waals surface area contributed by atoms with Gasteiger partial charge in [-0.2, -0.15) is 13.2 Å². The maximum Gasteiger partial charge on any atom is 0.425 e. The van der Waals surface area contributed by atoms with Crippen LogP contribution in [0.25, 0.3) is 0 Å². The van der Waals surface area contributed by atoms with Crippen molar-refractivity contribution in [1.82, 2.24) is 0 Å². The van der Waals surface area contributed by atoms with Crippen LogP contribution in [0, 0.1) is 91.3 Å². The summed E-state index contributed by atoms with van der Waals surface area (Å²) in [4.78, 5) is 81.1. The molecule has 0 saturated heterocycles. The van der Waals surface area contributed by atoms with Gasteiger partial charge in [0.25, 0.3) is 0 Å². The molecular weight excluding hydrogens is 1520 g/mol. The second-order valence-corrected chi connectivity index (χ2v) is 29.2. The lowest BCUT2D eigenvalue weighted by molar-refractivity contribution is -0.218. The summed E-state index contributed by atoms with van der Waals surface area (Å²) < 4.78 is 136. The first kappa shape index (κ1) is 105. The Morgan fingerprint density at radius 3 is 0.906 bits per heavy atom. The molecule has 0 aliphatic rings. The van der Waals surface area contributed by atoms with Gasteiger partial charge in [0, 0.05) is 6.07 Å². The summed E-state index contributed by atoms with van der Waals surface area (Å²) >= 11 is 0. The summed E-state index contributed by atoms with van der Waals surface area (Å²) in [6, 6.07) is 47.1. The molecular formula is C95H126F8O14. The molecule has 0 aliphatic carbocycles. The normalized spacial score (nSPS) is 14.6. The number of esters is 7. The molecule has 117 heavy (non-hydrogen) atoms. The van der Waals surface area contributed by atoms with E-state index in [1.807, 2.05) is 110 Å². The maximum atomic E-state index is 13.1. The monoisotopic (exact) mass is 1640 g/mol. The molecule has 0 N–H and O–H groups in total. The third-order valence-corrected chi connectivity index (χ3v) is 20.7. The molecule has 15 unspecified atom stereocenters. The summed E-state index contributed by atoms with van der Waals surface area (Å²) in [6.07, 6.45) is -6.60. The number of hydrogen-bond acceptors (Lipinski definition) is 14. The molecule has 0 amide bonds. The summed E-state index contributed by atoms with van der Waals surface area (Å²) in [5.41, 5.74) is 10.2. The molecule has 14 nitrogen and oxygen atoms in total. The number of carbonyl (C=O) groups excluding carboxylic acids is 7. The van der Waals surface area contributed by atoms with Crippen LogP contribution >= 0.6 is 0 Å². The molecule has 7 aromatic rings. The van der Waals surface area contributed by atoms with Crippen molar-refractivity contribution < 1.29 is 102 Å². The first-order valence-corrected chi connectivity index (χ1v) is 40.1. The van der Waals surface area contributed by atoms with Crippen molar-refractivity contribution in [3.63, 3.8) is 0 Å². The third kappa shape index (κ3) is 37.2. The van der Waals surface area contributed by atoms with Crippen LogP contribution in [0.1, 0.15) is 242 Å². The number of halogens is 8. The molecule has 22 heteroatoms. The zero-order chi connectivity index (χ0) is 89.1. The van der Waals surface area contributed by atoms with Gasteiger partial charge in [-0.15, -0.1) is 0 Å². The van der Waals surface area contributed by atoms with Crippen molar-refractivity contribution in [2.45, 2.75) is 220 Å². The summed E-state index contributed by atoms with van der Waals surface area (Å²) in [7, 11) is 0. The van der Waals surface area contributed by atoms with E-state index in [4.69, 9.17) is 28.4 Å². The van der Waals surface area contributed by atoms with Crippen molar-refractivity contribution in [2.24, 2.45) is 41.4 Å². The van der Waals surface area contributed by atoms with Crippen LogP contribution in [-0.4, -0.2) is 93.7 Å². The SMILES string of the molecule is CC(C(=O)OC(C)C(F)(F)F)C(C)c1ccccc1.CCOC(=O)C(C)C(C)c1cc(F)cc(F)c1.CCOC(=O)C(C)C(C)c1ccc(F)c(F)c1.CCOC(=O)C(C)C(C)c1ccc(F)cc1.CCOC(=O)C(C)C(C)c1cccc(C)c1.CCOC(=O)C(C)C(C)c1cccc(C)c1.CCOC(=O)C(C)C(C)c1ccccc1C. The van der Waals surface area contributed by atoms with Gasteiger partial charge in [-0.3, -0.25) is 33.6 Å². The average Bonchev–Trinajstić information content (AvgIpc) is 0.855. The van der Waals surface area contributed by atoms with E-state index in [0.717, 1.165) is 36.2 Å². The molecule has 646 valence electrons. The van der Waals surface area contributed by atoms with Crippen molar-refractivity contribution in [1.29, 1.82) is 0 Å². The van der Waals surface area contributed by atoms with Crippen LogP contribution in [-0.2, 0) is 66.7 Å². The van der Waals surface area contributed by atoms with E-state index in [9.17, 15) is 68.7 Å². The molecule has 15 atom stereocenters. The number of ether oxygens (including phenoxy) is 7. The molecule has 0 aliphatic heterocycles. The second kappa shape index (κ2) is 54.3. The van der Waals surface area contributed by atoms with E-state index in [1.165, 1.54) is 63.7 Å². The zero-order valence-electron chi connectivity index (χ0n) is 72.7. The van der Waals surface area contributed by atoms with Gasteiger partial charge >= 0.3 is 48.0 Å². The van der Waals surface area contributed by atoms with Gasteiger partial charge in [-0.05, 0) is 192 Å². The minimum absolute atomic E-state index is 0.0275. The van der Waals surface area contributed by atoms with E-state index >= 15 is 0 Å². The standard InChI is InChI=1S/C14H17F3O2.3C14H20O2.2C13H16F2O2.C13H17FO2/c1-9(12-7-5-4-6-8-12)10(2)13(18)19-11(3)14(15,16)17;2*1-5-16-14(15)12(4)11(3)13-8-6-7-10(2)9-13;1-5-16-14(15)12(4)11(3)13-9-7-6-8-10(13)2;1-4-17-13(16)9(3)8(2)10-5-11(14)7-12(15)6-10;1-4-17-13(16)9(3)8(2)10-5-6-11(14)12(15)7-10;1-4-16-13(15)10(3)9(2)11-5-7-12(14)8-6-11/h4-11H,1-3H3;3*6-9,11-12H,5H2,1-4H3;2*5-9H,4H2,1-3H3;5-10H,4H2,1-3H3. The highest BCUT2D eigenvalue weighted by atomic mass is 19.4. The predicted octanol–water partition coefficient (Wildman–Crippen LogP) is 23.5. The van der Waals surface area contributed by atoms with Gasteiger partial charge in [-0.1, -0.05) is 229 Å². The topological polar surface area (TPSA) is 184 Å². The quantitative estimate of drug-likeness (QED) is 0.0256. The van der Waals surface area contributed by atoms with Gasteiger partial charge in [0.2, 0.25) is 0 Å². The number of benzene rings is 7. The van der Waals surface area contributed by atoms with Crippen molar-refractivity contribution in [2.75, 3.05) is 39.6 Å². The van der Waals surface area contributed by atoms with E-state index in [1.54, 1.807) is 74.4 Å². The first-order chi connectivity index (χ1) is 54.9. The van der Waals surface area contributed by atoms with Crippen LogP contribution in [0.2, 0.25) is 0 Å². The minimum atomic E-state index is -4.52. The fraction of sp³-hybridized carbons (Fsp3) is 0.484. The molecule has 7 aromatic carbocycles. The molecule has 7 rings (SSSR count). The lowest BCUT2D eigenvalue weighted by Crippen LogP contribution is -2.33. The van der Waals surface area contributed by atoms with E-state index in [0.29, 0.717) is 50.8 Å². The molecule has 0 saturated carbocycles. The lowest BCUT2D eigenvalue weighted by Gasteiger charge is -2.22. The number of carbonyl (C=O) groups is 7. The van der Waals surface area contributed by atoms with Gasteiger partial charge in [0.15, 0.2) is 17.7 Å². The highest BCUT2D eigenvalue weighted by molar-refractivity contribution is 5.76. The molecule has 0 radical (unpaired) electrons. The van der Waals surface area contributed by atoms with Crippen molar-refractivity contribution in [3.8, 4) is 0 Å². The Balaban J connectivity index is 0.000000683.